The second-order valence-corrected chi connectivity index (χ2v) is 8.01. The lowest BCUT2D eigenvalue weighted by Gasteiger charge is -2.26. The number of hydrogen-bond donors (Lipinski definition) is 1. The van der Waals surface area contributed by atoms with Crippen LogP contribution in [-0.4, -0.2) is 42.2 Å². The van der Waals surface area contributed by atoms with Crippen LogP contribution in [0.1, 0.15) is 50.7 Å². The van der Waals surface area contributed by atoms with Crippen molar-refractivity contribution in [1.82, 2.24) is 15.1 Å². The second kappa shape index (κ2) is 12.7. The molecule has 1 heterocycles. The highest BCUT2D eigenvalue weighted by molar-refractivity contribution is 6.05. The van der Waals surface area contributed by atoms with E-state index in [2.05, 4.69) is 15.2 Å². The van der Waals surface area contributed by atoms with Crippen LogP contribution >= 0.6 is 0 Å². The summed E-state index contributed by atoms with van der Waals surface area (Å²) in [5.74, 6) is -0.692. The van der Waals surface area contributed by atoms with Crippen molar-refractivity contribution in [3.05, 3.63) is 65.6 Å². The Hall–Kier alpha value is -3.06. The predicted octanol–water partition coefficient (Wildman–Crippen LogP) is 4.86. The Morgan fingerprint density at radius 1 is 1.12 bits per heavy atom. The van der Waals surface area contributed by atoms with Gasteiger partial charge in [0.05, 0.1) is 18.1 Å². The van der Waals surface area contributed by atoms with Crippen LogP contribution in [0.5, 0.6) is 0 Å². The van der Waals surface area contributed by atoms with Crippen LogP contribution in [0.3, 0.4) is 0 Å². The highest BCUT2D eigenvalue weighted by Crippen LogP contribution is 2.22. The van der Waals surface area contributed by atoms with E-state index in [-0.39, 0.29) is 11.5 Å². The first kappa shape index (κ1) is 27.0. The molecule has 0 spiro atoms. The molecule has 0 aliphatic rings. The molecule has 32 heavy (non-hydrogen) atoms. The third-order valence-corrected chi connectivity index (χ3v) is 4.47. The van der Waals surface area contributed by atoms with Crippen LogP contribution in [0, 0.1) is 11.2 Å². The lowest BCUT2D eigenvalue weighted by Crippen LogP contribution is -2.45. The molecule has 3 aromatic rings. The zero-order valence-corrected chi connectivity index (χ0v) is 20.0. The summed E-state index contributed by atoms with van der Waals surface area (Å²) < 4.78 is 19.1. The van der Waals surface area contributed by atoms with Crippen molar-refractivity contribution in [1.29, 1.82) is 0 Å². The number of nitrogens with zero attached hydrogens (tertiary/aromatic N) is 2. The fraction of sp³-hybridized carbons (Fsp3) is 0.400. The summed E-state index contributed by atoms with van der Waals surface area (Å²) >= 11 is 0. The van der Waals surface area contributed by atoms with Gasteiger partial charge in [0.1, 0.15) is 12.1 Å². The maximum absolute atomic E-state index is 13.1. The molecule has 1 N–H and O–H groups in total. The van der Waals surface area contributed by atoms with Crippen molar-refractivity contribution < 1.29 is 18.7 Å². The maximum atomic E-state index is 13.1. The van der Waals surface area contributed by atoms with Crippen molar-refractivity contribution in [2.45, 2.75) is 47.2 Å². The first-order chi connectivity index (χ1) is 15.2. The van der Waals surface area contributed by atoms with Crippen molar-refractivity contribution >= 4 is 23.1 Å². The number of para-hydroxylation sites is 1. The van der Waals surface area contributed by atoms with Crippen molar-refractivity contribution in [2.75, 3.05) is 14.2 Å². The molecule has 0 radical (unpaired) electrons. The number of methoxy groups -OCH3 is 1. The molecule has 0 bridgehead atoms. The van der Waals surface area contributed by atoms with Gasteiger partial charge in [0.2, 0.25) is 0 Å². The van der Waals surface area contributed by atoms with Gasteiger partial charge >= 0.3 is 0 Å². The van der Waals surface area contributed by atoms with E-state index in [0.29, 0.717) is 11.9 Å². The minimum absolute atomic E-state index is 0.267. The monoisotopic (exact) mass is 443 g/mol. The highest BCUT2D eigenvalue weighted by Gasteiger charge is 2.28. The SMILES string of the molecule is CC.CC(C)(C)C(C=O)NC(=O)c1nn(Cc2ccc(F)cc2)c2ccccc12.COC. The zero-order valence-electron chi connectivity index (χ0n) is 20.0. The zero-order chi connectivity index (χ0) is 24.3. The highest BCUT2D eigenvalue weighted by atomic mass is 19.1. The Balaban J connectivity index is 0.000000944. The van der Waals surface area contributed by atoms with E-state index in [0.717, 1.165) is 17.4 Å². The standard InChI is InChI=1S/C21H22FN3O2.C2H6O.C2H6/c1-21(2,3)18(13-26)23-20(27)19-16-6-4-5-7-17(16)25(24-19)12-14-8-10-15(22)11-9-14;1-3-2;1-2/h4-11,13,18H,12H2,1-3H3,(H,23,27);1-2H3;1-2H3. The molecule has 2 aromatic carbocycles. The Morgan fingerprint density at radius 3 is 2.22 bits per heavy atom. The van der Waals surface area contributed by atoms with E-state index in [1.54, 1.807) is 31.0 Å². The summed E-state index contributed by atoms with van der Waals surface area (Å²) in [7, 11) is 3.25. The van der Waals surface area contributed by atoms with Crippen LogP contribution in [0.2, 0.25) is 0 Å². The van der Waals surface area contributed by atoms with Crippen LogP contribution in [0.25, 0.3) is 10.9 Å². The van der Waals surface area contributed by atoms with Crippen LogP contribution < -0.4 is 5.32 Å². The van der Waals surface area contributed by atoms with Crippen LogP contribution in [-0.2, 0) is 16.1 Å². The van der Waals surface area contributed by atoms with Crippen LogP contribution in [0.15, 0.2) is 48.5 Å². The number of halogens is 1. The van der Waals surface area contributed by atoms with E-state index in [1.807, 2.05) is 58.9 Å². The van der Waals surface area contributed by atoms with Gasteiger partial charge in [-0.2, -0.15) is 5.10 Å². The van der Waals surface area contributed by atoms with Crippen molar-refractivity contribution in [3.63, 3.8) is 0 Å². The number of carbonyl (C=O) groups excluding carboxylic acids is 2. The first-order valence-corrected chi connectivity index (χ1v) is 10.6. The smallest absolute Gasteiger partial charge is 0.273 e. The molecule has 0 saturated carbocycles. The van der Waals surface area contributed by atoms with Gasteiger partial charge in [-0.25, -0.2) is 4.39 Å². The fourth-order valence-corrected chi connectivity index (χ4v) is 2.84. The lowest BCUT2D eigenvalue weighted by molar-refractivity contribution is -0.111. The van der Waals surface area contributed by atoms with Gasteiger partial charge in [-0.1, -0.05) is 65.0 Å². The minimum atomic E-state index is -0.619. The molecule has 1 unspecified atom stereocenters. The van der Waals surface area contributed by atoms with Gasteiger partial charge in [-0.3, -0.25) is 9.48 Å². The quantitative estimate of drug-likeness (QED) is 0.572. The molecule has 0 aliphatic carbocycles. The van der Waals surface area contributed by atoms with Gasteiger partial charge in [0.15, 0.2) is 5.69 Å². The van der Waals surface area contributed by atoms with Gasteiger partial charge in [-0.15, -0.1) is 0 Å². The summed E-state index contributed by atoms with van der Waals surface area (Å²) in [5.41, 5.74) is 1.54. The Bertz CT molecular complexity index is 992. The molecule has 174 valence electrons. The summed E-state index contributed by atoms with van der Waals surface area (Å²) in [6.45, 7) is 10.1. The molecule has 3 rings (SSSR count). The van der Waals surface area contributed by atoms with E-state index in [4.69, 9.17) is 0 Å². The summed E-state index contributed by atoms with van der Waals surface area (Å²) in [6, 6.07) is 13.0. The Morgan fingerprint density at radius 2 is 1.69 bits per heavy atom. The van der Waals surface area contributed by atoms with Crippen molar-refractivity contribution in [2.24, 2.45) is 5.41 Å². The van der Waals surface area contributed by atoms with E-state index < -0.39 is 17.4 Å². The van der Waals surface area contributed by atoms with E-state index in [9.17, 15) is 14.0 Å². The maximum Gasteiger partial charge on any atom is 0.273 e. The summed E-state index contributed by atoms with van der Waals surface area (Å²) in [5, 5.41) is 7.94. The topological polar surface area (TPSA) is 73.2 Å². The number of nitrogens with one attached hydrogen (secondary N) is 1. The largest absolute Gasteiger partial charge is 0.388 e. The molecule has 7 heteroatoms. The minimum Gasteiger partial charge on any atom is -0.388 e. The molecule has 6 nitrogen and oxygen atoms in total. The van der Waals surface area contributed by atoms with E-state index >= 15 is 0 Å². The number of aromatic nitrogens is 2. The average molecular weight is 444 g/mol. The molecule has 0 fully saturated rings. The number of fused-ring (bicyclic) bond motifs is 1. The number of aldehydes is 1. The number of rotatable bonds is 5. The number of ether oxygens (including phenoxy) is 1. The van der Waals surface area contributed by atoms with Crippen LogP contribution in [0.4, 0.5) is 4.39 Å². The van der Waals surface area contributed by atoms with Gasteiger partial charge < -0.3 is 14.8 Å². The van der Waals surface area contributed by atoms with Gasteiger partial charge in [-0.05, 0) is 29.2 Å². The van der Waals surface area contributed by atoms with Gasteiger partial charge in [0.25, 0.3) is 5.91 Å². The third-order valence-electron chi connectivity index (χ3n) is 4.47. The fourth-order valence-electron chi connectivity index (χ4n) is 2.84. The molecule has 0 aliphatic heterocycles. The molecule has 1 aromatic heterocycles. The molecular weight excluding hydrogens is 409 g/mol. The molecular formula is C25H34FN3O3. The predicted molar refractivity (Wildman–Crippen MR) is 126 cm³/mol. The van der Waals surface area contributed by atoms with Crippen molar-refractivity contribution in [3.8, 4) is 0 Å². The number of carbonyl (C=O) groups is 2. The Kier molecular flexibility index (Phi) is 10.7. The Labute approximate surface area is 189 Å². The number of benzene rings is 2. The van der Waals surface area contributed by atoms with E-state index in [1.165, 1.54) is 12.1 Å². The second-order valence-electron chi connectivity index (χ2n) is 8.01. The number of amides is 1. The van der Waals surface area contributed by atoms with Gasteiger partial charge in [0, 0.05) is 19.6 Å². The number of hydrogen-bond acceptors (Lipinski definition) is 4. The first-order valence-electron chi connectivity index (χ1n) is 10.6. The normalized spacial score (nSPS) is 11.5. The lowest BCUT2D eigenvalue weighted by atomic mass is 9.87. The average Bonchev–Trinajstić information content (AvgIpc) is 3.13. The molecule has 1 amide bonds. The molecule has 0 saturated heterocycles. The summed E-state index contributed by atoms with van der Waals surface area (Å²) in [6.07, 6.45) is 0.746. The molecule has 1 atom stereocenters. The summed E-state index contributed by atoms with van der Waals surface area (Å²) in [4.78, 5) is 24.2. The third kappa shape index (κ3) is 7.27.